The number of carbonyl (C=O) groups is 1. The van der Waals surface area contributed by atoms with Gasteiger partial charge in [-0.1, -0.05) is 0 Å². The van der Waals surface area contributed by atoms with Crippen LogP contribution in [0.25, 0.3) is 0 Å². The fraction of sp³-hybridized carbons (Fsp3) is 0.250. The van der Waals surface area contributed by atoms with Crippen LogP contribution >= 0.6 is 0 Å². The van der Waals surface area contributed by atoms with E-state index in [0.717, 1.165) is 0 Å². The molecule has 0 aromatic heterocycles. The van der Waals surface area contributed by atoms with Crippen molar-refractivity contribution in [3.8, 4) is 0 Å². The Bertz CT molecular complexity index is 73.5. The number of allylic oxidation sites excluding steroid dienone is 1. The Morgan fingerprint density at radius 3 is 2.00 bits per heavy atom. The van der Waals surface area contributed by atoms with Gasteiger partial charge in [-0.25, -0.2) is 0 Å². The van der Waals surface area contributed by atoms with Crippen molar-refractivity contribution >= 4 is 20.7 Å². The molecule has 1 nitrogen and oxygen atoms in total. The summed E-state index contributed by atoms with van der Waals surface area (Å²) in [6.07, 6.45) is 0. The Morgan fingerprint density at radius 2 is 2.00 bits per heavy atom. The Hall–Kier alpha value is -0.0705. The van der Waals surface area contributed by atoms with Crippen LogP contribution in [0.1, 0.15) is 6.92 Å². The van der Waals surface area contributed by atoms with E-state index in [9.17, 15) is 4.79 Å². The van der Waals surface area contributed by atoms with E-state index < -0.39 is 0 Å². The van der Waals surface area contributed by atoms with Crippen LogP contribution < -0.4 is 0 Å². The summed E-state index contributed by atoms with van der Waals surface area (Å²) in [5.41, 5.74) is 0.593. The van der Waals surface area contributed by atoms with E-state index in [4.69, 9.17) is 0 Å². The molecule has 2 heteroatoms. The Balaban J connectivity index is 3.57. The van der Waals surface area contributed by atoms with Crippen molar-refractivity contribution in [1.82, 2.24) is 0 Å². The Kier molecular flexibility index (Phi) is 2.14. The molecule has 0 saturated carbocycles. The van der Waals surface area contributed by atoms with Crippen molar-refractivity contribution in [1.29, 1.82) is 0 Å². The molecule has 0 unspecified atom stereocenters. The zero-order valence-corrected chi connectivity index (χ0v) is 5.44. The standard InChI is InChI=1S/C4H6OSe/c1-3(2)4(5)6/h1H2,2H3,(H,5,6). The van der Waals surface area contributed by atoms with Crippen LogP contribution in [0.3, 0.4) is 0 Å². The van der Waals surface area contributed by atoms with Crippen molar-refractivity contribution in [3.05, 3.63) is 12.2 Å². The van der Waals surface area contributed by atoms with Crippen LogP contribution in [0.4, 0.5) is 0 Å². The second kappa shape index (κ2) is 2.16. The van der Waals surface area contributed by atoms with Gasteiger partial charge in [-0.15, -0.1) is 0 Å². The first-order chi connectivity index (χ1) is 2.64. The molecule has 0 fully saturated rings. The van der Waals surface area contributed by atoms with Crippen molar-refractivity contribution in [2.45, 2.75) is 6.92 Å². The van der Waals surface area contributed by atoms with Crippen LogP contribution in [0, 0.1) is 0 Å². The molecule has 0 aromatic carbocycles. The third-order valence-electron chi connectivity index (χ3n) is 0.365. The van der Waals surface area contributed by atoms with Gasteiger partial charge in [0.15, 0.2) is 0 Å². The molecule has 0 saturated heterocycles. The first kappa shape index (κ1) is 5.93. The first-order valence-corrected chi connectivity index (χ1v) is 2.47. The Morgan fingerprint density at radius 1 is 1.83 bits per heavy atom. The molecule has 34 valence electrons. The second-order valence-electron chi connectivity index (χ2n) is 1.09. The van der Waals surface area contributed by atoms with Gasteiger partial charge >= 0.3 is 44.6 Å². The molecule has 0 atom stereocenters. The second-order valence-corrected chi connectivity index (χ2v) is 1.94. The van der Waals surface area contributed by atoms with Crippen LogP contribution in [0.5, 0.6) is 0 Å². The van der Waals surface area contributed by atoms with Crippen LogP contribution in [-0.2, 0) is 4.79 Å². The maximum absolute atomic E-state index is 10.0. The number of hydrogen-bond acceptors (Lipinski definition) is 1. The van der Waals surface area contributed by atoms with Crippen LogP contribution in [-0.4, -0.2) is 20.7 Å². The number of hydrogen-bond donors (Lipinski definition) is 0. The quantitative estimate of drug-likeness (QED) is 0.378. The molecule has 0 amide bonds. The molecule has 0 rings (SSSR count). The third kappa shape index (κ3) is 2.18. The molecular formula is C4H6OSe. The van der Waals surface area contributed by atoms with E-state index in [1.54, 1.807) is 6.92 Å². The van der Waals surface area contributed by atoms with Crippen LogP contribution in [0.2, 0.25) is 0 Å². The monoisotopic (exact) mass is 150 g/mol. The Labute approximate surface area is 45.2 Å². The summed E-state index contributed by atoms with van der Waals surface area (Å²) in [6.45, 7) is 5.07. The van der Waals surface area contributed by atoms with Gasteiger partial charge in [-0.2, -0.15) is 0 Å². The summed E-state index contributed by atoms with van der Waals surface area (Å²) in [7, 11) is 0. The maximum atomic E-state index is 10.0. The summed E-state index contributed by atoms with van der Waals surface area (Å²) in [5.74, 6) is 0. The van der Waals surface area contributed by atoms with Crippen LogP contribution in [0.15, 0.2) is 12.2 Å². The molecule has 6 heavy (non-hydrogen) atoms. The van der Waals surface area contributed by atoms with E-state index in [1.807, 2.05) is 16.0 Å². The van der Waals surface area contributed by atoms with E-state index >= 15 is 0 Å². The van der Waals surface area contributed by atoms with Gasteiger partial charge in [-0.05, 0) is 0 Å². The topological polar surface area (TPSA) is 17.1 Å². The van der Waals surface area contributed by atoms with E-state index in [0.29, 0.717) is 5.57 Å². The zero-order valence-electron chi connectivity index (χ0n) is 3.56. The van der Waals surface area contributed by atoms with Crippen molar-refractivity contribution in [3.63, 3.8) is 0 Å². The average Bonchev–Trinajstić information content (AvgIpc) is 1.36. The summed E-state index contributed by atoms with van der Waals surface area (Å²) in [6, 6.07) is 0. The van der Waals surface area contributed by atoms with Gasteiger partial charge in [0.1, 0.15) is 0 Å². The fourth-order valence-corrected chi connectivity index (χ4v) is 0. The summed E-state index contributed by atoms with van der Waals surface area (Å²) in [5, 5.41) is 0. The predicted octanol–water partition coefficient (Wildman–Crippen LogP) is -0.0101. The third-order valence-corrected chi connectivity index (χ3v) is 1.17. The van der Waals surface area contributed by atoms with E-state index in [1.165, 1.54) is 0 Å². The molecule has 0 bridgehead atoms. The molecule has 0 aromatic rings. The molecule has 0 spiro atoms. The fourth-order valence-electron chi connectivity index (χ4n) is 0. The molecule has 0 aliphatic rings. The van der Waals surface area contributed by atoms with Gasteiger partial charge in [0.2, 0.25) is 0 Å². The van der Waals surface area contributed by atoms with Gasteiger partial charge < -0.3 is 0 Å². The molecule has 0 N–H and O–H groups in total. The minimum absolute atomic E-state index is 0.00231. The number of rotatable bonds is 1. The van der Waals surface area contributed by atoms with Crippen molar-refractivity contribution < 1.29 is 4.79 Å². The van der Waals surface area contributed by atoms with Gasteiger partial charge in [-0.3, -0.25) is 0 Å². The first-order valence-electron chi connectivity index (χ1n) is 1.53. The number of carbonyl (C=O) groups excluding carboxylic acids is 1. The summed E-state index contributed by atoms with van der Waals surface area (Å²) in [4.78, 5) is 10.0. The van der Waals surface area contributed by atoms with Crippen molar-refractivity contribution in [2.75, 3.05) is 0 Å². The van der Waals surface area contributed by atoms with E-state index in [-0.39, 0.29) is 4.68 Å². The van der Waals surface area contributed by atoms with Gasteiger partial charge in [0.05, 0.1) is 0 Å². The predicted molar refractivity (Wildman–Crippen MR) is 27.0 cm³/mol. The van der Waals surface area contributed by atoms with Gasteiger partial charge in [0.25, 0.3) is 0 Å². The summed E-state index contributed by atoms with van der Waals surface area (Å²) >= 11 is 1.90. The van der Waals surface area contributed by atoms with E-state index in [2.05, 4.69) is 6.58 Å². The summed E-state index contributed by atoms with van der Waals surface area (Å²) < 4.78 is 0.00231. The average molecular weight is 149 g/mol. The zero-order chi connectivity index (χ0) is 5.15. The molecular weight excluding hydrogens is 143 g/mol. The minimum atomic E-state index is 0.00231. The molecule has 0 aliphatic heterocycles. The molecule has 0 radical (unpaired) electrons. The van der Waals surface area contributed by atoms with Gasteiger partial charge in [0, 0.05) is 0 Å². The SMILES string of the molecule is C=C(C)C(=O)[SeH]. The van der Waals surface area contributed by atoms with Crippen molar-refractivity contribution in [2.24, 2.45) is 0 Å². The normalized spacial score (nSPS) is 7.67. The molecule has 0 heterocycles. The molecule has 0 aliphatic carbocycles.